The molecule has 7 nitrogen and oxygen atoms in total. The van der Waals surface area contributed by atoms with Gasteiger partial charge in [-0.05, 0) is 30.3 Å². The third kappa shape index (κ3) is 5.44. The molecule has 2 aromatic carbocycles. The summed E-state index contributed by atoms with van der Waals surface area (Å²) in [7, 11) is 0. The Balaban J connectivity index is 1.39. The SMILES string of the molecule is O=C(Nc1nn(Cc2c(F)cccc2Cl)cc1Cl)c1ccn(COc2ccc(F)c(Cl)c2)n1. The molecular formula is C21H14Cl3F2N5O2. The van der Waals surface area contributed by atoms with Crippen molar-refractivity contribution in [1.82, 2.24) is 19.6 Å². The number of benzene rings is 2. The number of anilines is 1. The average Bonchev–Trinajstić information content (AvgIpc) is 3.38. The molecule has 0 aliphatic carbocycles. The first-order chi connectivity index (χ1) is 15.8. The molecule has 4 aromatic rings. The number of carbonyl (C=O) groups excluding carboxylic acids is 1. The highest BCUT2D eigenvalue weighted by Crippen LogP contribution is 2.24. The predicted octanol–water partition coefficient (Wildman–Crippen LogP) is 5.66. The minimum absolute atomic E-state index is 0.0282. The summed E-state index contributed by atoms with van der Waals surface area (Å²) in [6, 6.07) is 9.77. The zero-order chi connectivity index (χ0) is 23.5. The van der Waals surface area contributed by atoms with Crippen LogP contribution in [0.15, 0.2) is 54.9 Å². The van der Waals surface area contributed by atoms with Gasteiger partial charge in [0.1, 0.15) is 22.4 Å². The van der Waals surface area contributed by atoms with Gasteiger partial charge in [-0.15, -0.1) is 0 Å². The number of hydrogen-bond acceptors (Lipinski definition) is 4. The summed E-state index contributed by atoms with van der Waals surface area (Å²) in [6.07, 6.45) is 2.97. The summed E-state index contributed by atoms with van der Waals surface area (Å²) < 4.78 is 35.4. The van der Waals surface area contributed by atoms with Gasteiger partial charge >= 0.3 is 0 Å². The van der Waals surface area contributed by atoms with Gasteiger partial charge in [-0.25, -0.2) is 13.5 Å². The molecule has 0 unspecified atom stereocenters. The molecular weight excluding hydrogens is 499 g/mol. The quantitative estimate of drug-likeness (QED) is 0.347. The molecule has 0 fully saturated rings. The lowest BCUT2D eigenvalue weighted by molar-refractivity contribution is 0.101. The van der Waals surface area contributed by atoms with Crippen molar-refractivity contribution >= 4 is 46.5 Å². The van der Waals surface area contributed by atoms with E-state index in [9.17, 15) is 13.6 Å². The average molecular weight is 513 g/mol. The second-order valence-electron chi connectivity index (χ2n) is 6.77. The molecule has 4 rings (SSSR count). The van der Waals surface area contributed by atoms with Crippen LogP contribution in [0.5, 0.6) is 5.75 Å². The molecule has 2 heterocycles. The second-order valence-corrected chi connectivity index (χ2v) is 7.99. The van der Waals surface area contributed by atoms with E-state index in [0.29, 0.717) is 5.75 Å². The van der Waals surface area contributed by atoms with Gasteiger partial charge in [0.05, 0.1) is 11.6 Å². The molecule has 33 heavy (non-hydrogen) atoms. The standard InChI is InChI=1S/C21H14Cl3F2N5O2/c22-14-2-1-3-17(25)13(14)9-31-10-16(24)20(29-31)27-21(32)19-6-7-30(28-19)11-33-12-4-5-18(26)15(23)8-12/h1-8,10H,9,11H2,(H,27,29,32). The van der Waals surface area contributed by atoms with Crippen LogP contribution in [0, 0.1) is 11.6 Å². The fraction of sp³-hybridized carbons (Fsp3) is 0.0952. The van der Waals surface area contributed by atoms with Crippen LogP contribution >= 0.6 is 34.8 Å². The fourth-order valence-electron chi connectivity index (χ4n) is 2.84. The molecule has 0 saturated carbocycles. The van der Waals surface area contributed by atoms with Gasteiger partial charge in [0.15, 0.2) is 18.2 Å². The van der Waals surface area contributed by atoms with Crippen LogP contribution in [0.25, 0.3) is 0 Å². The molecule has 0 spiro atoms. The Bertz CT molecular complexity index is 1300. The molecule has 0 aliphatic heterocycles. The first-order valence-electron chi connectivity index (χ1n) is 9.38. The van der Waals surface area contributed by atoms with Crippen molar-refractivity contribution in [1.29, 1.82) is 0 Å². The van der Waals surface area contributed by atoms with Crippen LogP contribution in [-0.4, -0.2) is 25.5 Å². The summed E-state index contributed by atoms with van der Waals surface area (Å²) >= 11 is 17.9. The molecule has 0 aliphatic rings. The van der Waals surface area contributed by atoms with E-state index in [4.69, 9.17) is 39.5 Å². The zero-order valence-corrected chi connectivity index (χ0v) is 18.9. The van der Waals surface area contributed by atoms with Crippen LogP contribution in [0.4, 0.5) is 14.6 Å². The normalized spacial score (nSPS) is 10.9. The minimum atomic E-state index is -0.561. The smallest absolute Gasteiger partial charge is 0.277 e. The summed E-state index contributed by atoms with van der Waals surface area (Å²) in [5, 5.41) is 11.2. The lowest BCUT2D eigenvalue weighted by Crippen LogP contribution is -2.15. The van der Waals surface area contributed by atoms with E-state index < -0.39 is 17.5 Å². The topological polar surface area (TPSA) is 74.0 Å². The van der Waals surface area contributed by atoms with Crippen LogP contribution in [0.1, 0.15) is 16.1 Å². The van der Waals surface area contributed by atoms with Crippen LogP contribution in [0.2, 0.25) is 15.1 Å². The summed E-state index contributed by atoms with van der Waals surface area (Å²) in [5.41, 5.74) is 0.330. The Morgan fingerprint density at radius 2 is 1.79 bits per heavy atom. The van der Waals surface area contributed by atoms with Crippen LogP contribution in [0.3, 0.4) is 0 Å². The number of ether oxygens (including phenoxy) is 1. The maximum absolute atomic E-state index is 14.0. The number of amides is 1. The van der Waals surface area contributed by atoms with Gasteiger partial charge in [-0.3, -0.25) is 9.48 Å². The molecule has 1 amide bonds. The van der Waals surface area contributed by atoms with E-state index in [-0.39, 0.29) is 45.4 Å². The number of halogens is 5. The largest absolute Gasteiger partial charge is 0.471 e. The second kappa shape index (κ2) is 9.78. The Labute approximate surface area is 201 Å². The fourth-order valence-corrected chi connectivity index (χ4v) is 3.43. The lowest BCUT2D eigenvalue weighted by Gasteiger charge is -2.07. The van der Waals surface area contributed by atoms with Crippen molar-refractivity contribution < 1.29 is 18.3 Å². The highest BCUT2D eigenvalue weighted by Gasteiger charge is 2.16. The highest BCUT2D eigenvalue weighted by atomic mass is 35.5. The molecule has 0 bridgehead atoms. The van der Waals surface area contributed by atoms with Crippen LogP contribution < -0.4 is 10.1 Å². The van der Waals surface area contributed by atoms with Gasteiger partial charge in [0.2, 0.25) is 0 Å². The number of rotatable bonds is 7. The molecule has 0 radical (unpaired) electrons. The lowest BCUT2D eigenvalue weighted by atomic mass is 10.2. The van der Waals surface area contributed by atoms with E-state index >= 15 is 0 Å². The Morgan fingerprint density at radius 1 is 0.970 bits per heavy atom. The van der Waals surface area contributed by atoms with Crippen molar-refractivity contribution in [3.63, 3.8) is 0 Å². The number of carbonyl (C=O) groups is 1. The number of hydrogen-bond donors (Lipinski definition) is 1. The van der Waals surface area contributed by atoms with Crippen molar-refractivity contribution in [3.05, 3.63) is 92.8 Å². The molecule has 12 heteroatoms. The number of aromatic nitrogens is 4. The number of nitrogens with zero attached hydrogens (tertiary/aromatic N) is 4. The molecule has 170 valence electrons. The third-order valence-corrected chi connectivity index (χ3v) is 5.38. The van der Waals surface area contributed by atoms with Gasteiger partial charge in [0, 0.05) is 29.0 Å². The van der Waals surface area contributed by atoms with Crippen molar-refractivity contribution in [2.45, 2.75) is 13.3 Å². The first kappa shape index (κ1) is 23.0. The maximum Gasteiger partial charge on any atom is 0.277 e. The maximum atomic E-state index is 14.0. The Morgan fingerprint density at radius 3 is 2.55 bits per heavy atom. The Kier molecular flexibility index (Phi) is 6.83. The van der Waals surface area contributed by atoms with E-state index in [0.717, 1.165) is 0 Å². The summed E-state index contributed by atoms with van der Waals surface area (Å²) in [6.45, 7) is -0.00547. The monoisotopic (exact) mass is 511 g/mol. The summed E-state index contributed by atoms with van der Waals surface area (Å²) in [4.78, 5) is 12.5. The first-order valence-corrected chi connectivity index (χ1v) is 10.5. The van der Waals surface area contributed by atoms with Crippen molar-refractivity contribution in [2.75, 3.05) is 5.32 Å². The molecule has 2 aromatic heterocycles. The third-order valence-electron chi connectivity index (χ3n) is 4.46. The summed E-state index contributed by atoms with van der Waals surface area (Å²) in [5.74, 6) is -1.17. The van der Waals surface area contributed by atoms with Gasteiger partial charge in [0.25, 0.3) is 5.91 Å². The van der Waals surface area contributed by atoms with Crippen molar-refractivity contribution in [3.8, 4) is 5.75 Å². The van der Waals surface area contributed by atoms with Gasteiger partial charge in [-0.1, -0.05) is 40.9 Å². The Hall–Kier alpha value is -3.14. The van der Waals surface area contributed by atoms with E-state index in [1.54, 1.807) is 6.07 Å². The minimum Gasteiger partial charge on any atom is -0.471 e. The predicted molar refractivity (Wildman–Crippen MR) is 120 cm³/mol. The van der Waals surface area contributed by atoms with E-state index in [2.05, 4.69) is 15.5 Å². The van der Waals surface area contributed by atoms with E-state index in [1.165, 1.54) is 58.2 Å². The zero-order valence-electron chi connectivity index (χ0n) is 16.6. The van der Waals surface area contributed by atoms with Crippen LogP contribution in [-0.2, 0) is 13.3 Å². The van der Waals surface area contributed by atoms with Gasteiger partial charge < -0.3 is 10.1 Å². The molecule has 0 saturated heterocycles. The van der Waals surface area contributed by atoms with Gasteiger partial charge in [-0.2, -0.15) is 10.2 Å². The number of nitrogens with one attached hydrogen (secondary N) is 1. The highest BCUT2D eigenvalue weighted by molar-refractivity contribution is 6.33. The molecule has 0 atom stereocenters. The van der Waals surface area contributed by atoms with E-state index in [1.807, 2.05) is 0 Å². The van der Waals surface area contributed by atoms with Crippen molar-refractivity contribution in [2.24, 2.45) is 0 Å². The molecule has 1 N–H and O–H groups in total.